The largest absolute Gasteiger partial charge is 0.331 e. The van der Waals surface area contributed by atoms with E-state index in [9.17, 15) is 8.42 Å². The quantitative estimate of drug-likeness (QED) is 0.869. The molecule has 96 valence electrons. The number of hydrogen-bond acceptors (Lipinski definition) is 3. The van der Waals surface area contributed by atoms with Gasteiger partial charge in [-0.25, -0.2) is 13.4 Å². The molecule has 0 atom stereocenters. The van der Waals surface area contributed by atoms with Gasteiger partial charge in [-0.3, -0.25) is 0 Å². The molecule has 0 aliphatic heterocycles. The summed E-state index contributed by atoms with van der Waals surface area (Å²) in [7, 11) is -3.22. The van der Waals surface area contributed by atoms with Crippen molar-refractivity contribution in [3.8, 4) is 0 Å². The van der Waals surface area contributed by atoms with Crippen molar-refractivity contribution in [2.75, 3.05) is 6.26 Å². The number of rotatable bonds is 3. The molecule has 0 bridgehead atoms. The Balaban J connectivity index is 2.34. The molecule has 0 aliphatic rings. The number of aryl methyl sites for hydroxylation is 1. The normalized spacial score (nSPS) is 11.7. The van der Waals surface area contributed by atoms with Gasteiger partial charge in [0.2, 0.25) is 0 Å². The monoisotopic (exact) mass is 284 g/mol. The molecule has 4 nitrogen and oxygen atoms in total. The molecule has 0 fully saturated rings. The van der Waals surface area contributed by atoms with Gasteiger partial charge in [-0.15, -0.1) is 0 Å². The summed E-state index contributed by atoms with van der Waals surface area (Å²) in [5, 5.41) is 0.450. The van der Waals surface area contributed by atoms with Crippen molar-refractivity contribution in [2.45, 2.75) is 18.4 Å². The maximum absolute atomic E-state index is 11.4. The fraction of sp³-hybridized carbons (Fsp3) is 0.250. The molecule has 1 aromatic heterocycles. The molecule has 0 spiro atoms. The maximum Gasteiger partial charge on any atom is 0.175 e. The summed E-state index contributed by atoms with van der Waals surface area (Å²) >= 11 is 6.11. The number of nitrogens with zero attached hydrogens (tertiary/aromatic N) is 2. The van der Waals surface area contributed by atoms with Crippen molar-refractivity contribution in [1.82, 2.24) is 9.55 Å². The summed E-state index contributed by atoms with van der Waals surface area (Å²) in [5.41, 5.74) is 0.866. The zero-order chi connectivity index (χ0) is 13.3. The van der Waals surface area contributed by atoms with E-state index >= 15 is 0 Å². The molecule has 0 unspecified atom stereocenters. The van der Waals surface area contributed by atoms with Gasteiger partial charge in [-0.1, -0.05) is 17.7 Å². The van der Waals surface area contributed by atoms with Crippen molar-refractivity contribution in [2.24, 2.45) is 0 Å². The minimum Gasteiger partial charge on any atom is -0.331 e. The van der Waals surface area contributed by atoms with Crippen LogP contribution in [0.5, 0.6) is 0 Å². The van der Waals surface area contributed by atoms with Gasteiger partial charge < -0.3 is 4.57 Å². The Kier molecular flexibility index (Phi) is 3.45. The van der Waals surface area contributed by atoms with Crippen molar-refractivity contribution >= 4 is 21.4 Å². The third kappa shape index (κ3) is 2.73. The summed E-state index contributed by atoms with van der Waals surface area (Å²) < 4.78 is 24.7. The van der Waals surface area contributed by atoms with Crippen LogP contribution < -0.4 is 0 Å². The van der Waals surface area contributed by atoms with Crippen LogP contribution in [0.15, 0.2) is 35.5 Å². The van der Waals surface area contributed by atoms with Crippen LogP contribution in [-0.4, -0.2) is 24.2 Å². The highest BCUT2D eigenvalue weighted by molar-refractivity contribution is 7.90. The van der Waals surface area contributed by atoms with Gasteiger partial charge in [-0.2, -0.15) is 0 Å². The van der Waals surface area contributed by atoms with Crippen molar-refractivity contribution < 1.29 is 8.42 Å². The van der Waals surface area contributed by atoms with Crippen LogP contribution in [0.25, 0.3) is 0 Å². The second-order valence-electron chi connectivity index (χ2n) is 4.13. The number of sulfone groups is 1. The number of benzene rings is 1. The first-order valence-electron chi connectivity index (χ1n) is 5.34. The zero-order valence-electron chi connectivity index (χ0n) is 10.1. The lowest BCUT2D eigenvalue weighted by Gasteiger charge is -2.08. The van der Waals surface area contributed by atoms with E-state index in [2.05, 4.69) is 4.98 Å². The molecule has 18 heavy (non-hydrogen) atoms. The standard InChI is InChI=1S/C12H13ClN2O2S/c1-9-14-5-6-15(9)8-10-3-4-11(7-12(10)13)18(2,16)17/h3-7H,8H2,1-2H3. The molecular formula is C12H13ClN2O2S. The molecule has 6 heteroatoms. The van der Waals surface area contributed by atoms with Crippen LogP contribution in [0.1, 0.15) is 11.4 Å². The predicted octanol–water partition coefficient (Wildman–Crippen LogP) is 2.30. The fourth-order valence-electron chi connectivity index (χ4n) is 1.64. The smallest absolute Gasteiger partial charge is 0.175 e. The van der Waals surface area contributed by atoms with E-state index < -0.39 is 9.84 Å². The van der Waals surface area contributed by atoms with Gasteiger partial charge in [0.15, 0.2) is 9.84 Å². The molecule has 1 aromatic carbocycles. The summed E-state index contributed by atoms with van der Waals surface area (Å²) in [6, 6.07) is 4.79. The van der Waals surface area contributed by atoms with E-state index in [4.69, 9.17) is 11.6 Å². The van der Waals surface area contributed by atoms with E-state index in [1.807, 2.05) is 17.7 Å². The molecule has 0 radical (unpaired) electrons. The third-order valence-corrected chi connectivity index (χ3v) is 4.18. The first-order valence-corrected chi connectivity index (χ1v) is 7.61. The summed E-state index contributed by atoms with van der Waals surface area (Å²) in [4.78, 5) is 4.36. The average molecular weight is 285 g/mol. The third-order valence-electron chi connectivity index (χ3n) is 2.72. The van der Waals surface area contributed by atoms with Crippen LogP contribution in [0.4, 0.5) is 0 Å². The van der Waals surface area contributed by atoms with Gasteiger partial charge >= 0.3 is 0 Å². The minimum absolute atomic E-state index is 0.235. The number of imidazole rings is 1. The second-order valence-corrected chi connectivity index (χ2v) is 6.55. The van der Waals surface area contributed by atoms with E-state index in [-0.39, 0.29) is 4.90 Å². The zero-order valence-corrected chi connectivity index (χ0v) is 11.7. The van der Waals surface area contributed by atoms with E-state index in [0.717, 1.165) is 11.4 Å². The molecule has 1 heterocycles. The predicted molar refractivity (Wildman–Crippen MR) is 70.6 cm³/mol. The van der Waals surface area contributed by atoms with Gasteiger partial charge in [0.25, 0.3) is 0 Å². The first-order chi connectivity index (χ1) is 8.38. The lowest BCUT2D eigenvalue weighted by atomic mass is 10.2. The lowest BCUT2D eigenvalue weighted by Crippen LogP contribution is -2.03. The van der Waals surface area contributed by atoms with Crippen LogP contribution in [0, 0.1) is 6.92 Å². The Morgan fingerprint density at radius 2 is 2.11 bits per heavy atom. The summed E-state index contributed by atoms with van der Waals surface area (Å²) in [6.45, 7) is 2.48. The van der Waals surface area contributed by atoms with Crippen LogP contribution in [-0.2, 0) is 16.4 Å². The highest BCUT2D eigenvalue weighted by Gasteiger charge is 2.10. The first kappa shape index (κ1) is 13.1. The highest BCUT2D eigenvalue weighted by Crippen LogP contribution is 2.22. The number of halogens is 1. The van der Waals surface area contributed by atoms with Crippen molar-refractivity contribution in [3.05, 3.63) is 47.0 Å². The molecule has 2 rings (SSSR count). The molecular weight excluding hydrogens is 272 g/mol. The van der Waals surface area contributed by atoms with Crippen molar-refractivity contribution in [3.63, 3.8) is 0 Å². The van der Waals surface area contributed by atoms with Gasteiger partial charge in [0.05, 0.1) is 11.4 Å². The van der Waals surface area contributed by atoms with Crippen molar-refractivity contribution in [1.29, 1.82) is 0 Å². The average Bonchev–Trinajstić information content (AvgIpc) is 2.66. The van der Waals surface area contributed by atoms with Gasteiger partial charge in [0, 0.05) is 23.7 Å². The molecule has 0 amide bonds. The maximum atomic E-state index is 11.4. The fourth-order valence-corrected chi connectivity index (χ4v) is 2.59. The Morgan fingerprint density at radius 3 is 2.61 bits per heavy atom. The van der Waals surface area contributed by atoms with E-state index in [0.29, 0.717) is 11.6 Å². The van der Waals surface area contributed by atoms with E-state index in [1.54, 1.807) is 18.3 Å². The summed E-state index contributed by atoms with van der Waals surface area (Å²) in [5.74, 6) is 0.887. The SMILES string of the molecule is Cc1nccn1Cc1ccc(S(C)(=O)=O)cc1Cl. The number of hydrogen-bond donors (Lipinski definition) is 0. The summed E-state index contributed by atoms with van der Waals surface area (Å²) in [6.07, 6.45) is 4.74. The van der Waals surface area contributed by atoms with Crippen LogP contribution in [0.2, 0.25) is 5.02 Å². The lowest BCUT2D eigenvalue weighted by molar-refractivity contribution is 0.602. The van der Waals surface area contributed by atoms with Crippen LogP contribution >= 0.6 is 11.6 Å². The Bertz CT molecular complexity index is 677. The Hall–Kier alpha value is -1.33. The van der Waals surface area contributed by atoms with Gasteiger partial charge in [-0.05, 0) is 24.6 Å². The molecule has 0 aliphatic carbocycles. The topological polar surface area (TPSA) is 52.0 Å². The van der Waals surface area contributed by atoms with E-state index in [1.165, 1.54) is 12.3 Å². The second kappa shape index (κ2) is 4.74. The molecule has 0 saturated carbocycles. The molecule has 0 saturated heterocycles. The molecule has 0 N–H and O–H groups in total. The Morgan fingerprint density at radius 1 is 1.39 bits per heavy atom. The highest BCUT2D eigenvalue weighted by atomic mass is 35.5. The molecule has 2 aromatic rings. The Labute approximate surface area is 111 Å². The van der Waals surface area contributed by atoms with Gasteiger partial charge in [0.1, 0.15) is 5.82 Å². The number of aromatic nitrogens is 2. The minimum atomic E-state index is -3.22. The van der Waals surface area contributed by atoms with Crippen LogP contribution in [0.3, 0.4) is 0 Å².